The molecule has 11 nitrogen and oxygen atoms in total. The highest BCUT2D eigenvalue weighted by Crippen LogP contribution is 2.42. The first-order valence-electron chi connectivity index (χ1n) is 42.1. The second-order valence-corrected chi connectivity index (χ2v) is 33.8. The van der Waals surface area contributed by atoms with E-state index >= 15 is 0 Å². The molecule has 4 saturated carbocycles. The predicted molar refractivity (Wildman–Crippen MR) is 458 cm³/mol. The second kappa shape index (κ2) is 36.7. The van der Waals surface area contributed by atoms with E-state index in [0.717, 1.165) is 75.5 Å². The van der Waals surface area contributed by atoms with Crippen LogP contribution in [0.2, 0.25) is 0 Å². The van der Waals surface area contributed by atoms with Gasteiger partial charge in [-0.1, -0.05) is 200 Å². The van der Waals surface area contributed by atoms with Crippen molar-refractivity contribution in [1.82, 2.24) is 0 Å². The number of para-hydroxylation sites is 1. The van der Waals surface area contributed by atoms with Gasteiger partial charge < -0.3 is 28.4 Å². The van der Waals surface area contributed by atoms with Gasteiger partial charge in [-0.2, -0.15) is 22.9 Å². The molecule has 0 aromatic heterocycles. The van der Waals surface area contributed by atoms with E-state index in [4.69, 9.17) is 28.4 Å². The Labute approximate surface area is 668 Å². The summed E-state index contributed by atoms with van der Waals surface area (Å²) in [4.78, 5) is 0. The minimum atomic E-state index is -0.109. The van der Waals surface area contributed by atoms with Crippen LogP contribution in [0, 0.1) is 52.4 Å². The molecule has 9 aliphatic rings. The van der Waals surface area contributed by atoms with Crippen LogP contribution in [0.1, 0.15) is 216 Å². The van der Waals surface area contributed by atoms with Crippen molar-refractivity contribution in [3.63, 3.8) is 0 Å². The normalized spacial score (nSPS) is 20.8. The Morgan fingerprint density at radius 3 is 1.23 bits per heavy atom. The fourth-order valence-corrected chi connectivity index (χ4v) is 18.8. The van der Waals surface area contributed by atoms with Crippen molar-refractivity contribution in [3.05, 3.63) is 260 Å². The first-order chi connectivity index (χ1) is 54.5. The van der Waals surface area contributed by atoms with E-state index in [9.17, 15) is 0 Å². The summed E-state index contributed by atoms with van der Waals surface area (Å²) in [5.74, 6) is 8.36. The van der Waals surface area contributed by atoms with Gasteiger partial charge in [-0.25, -0.2) is 0 Å². The third-order valence-corrected chi connectivity index (χ3v) is 25.1. The van der Waals surface area contributed by atoms with Crippen LogP contribution in [0.25, 0.3) is 22.3 Å². The Hall–Kier alpha value is -9.87. The summed E-state index contributed by atoms with van der Waals surface area (Å²) in [6.07, 6.45) is 34.2. The van der Waals surface area contributed by atoms with Crippen LogP contribution in [0.3, 0.4) is 0 Å². The lowest BCUT2D eigenvalue weighted by molar-refractivity contribution is -0.601. The van der Waals surface area contributed by atoms with E-state index < -0.39 is 0 Å². The zero-order valence-electron chi connectivity index (χ0n) is 68.8. The van der Waals surface area contributed by atoms with Crippen LogP contribution < -0.4 is 28.4 Å². The standard InChI is InChI=1S/C24H24NO.C22H26NO.C21H24NO.C17H24NO2.C17H24NO/c1-24(2,21-13-7-4-8-14-21)22-15-9-12-20-17-25(18-26-23(20)22)16-19-10-5-3-6-11-19;1-16-8-6-7-11-21(16)23-14-20-13-19(18-9-4-3-5-10-18)12-17(2)22(20)24-15-23;1-16-12-18(17-8-4-2-5-9-17)13-19-14-22(15-23-21(16)19)20-10-6-3-7-11-20;1-12-6-4-5-7-16(12)18-10-14-9-15(19-3)8-13(2)17(14)20-11-18;1-12-8-14(3)17-15(9-12)10-18(11-19-17)16-7-5-4-6-13(16)2/h3-15,17H,16,18H2,1-2H3;3-5,9-10,12-14,16,21H,6-8,11,15H2,1-2H3;2,4-5,8-9,12-14,20H,3,6-7,10-11,15H2,1H3;8-10,12,16H,4-7,11H2,1-3H3;8-10,13,16H,4-7,11H2,1-3H3/q5*+1. The quantitative estimate of drug-likeness (QED) is 0.120. The summed E-state index contributed by atoms with van der Waals surface area (Å²) in [6.45, 7) is 26.5. The van der Waals surface area contributed by atoms with Gasteiger partial charge in [-0.15, -0.1) is 0 Å². The zero-order valence-corrected chi connectivity index (χ0v) is 68.8. The fourth-order valence-electron chi connectivity index (χ4n) is 18.8. The van der Waals surface area contributed by atoms with Crippen molar-refractivity contribution in [2.45, 2.75) is 215 Å². The Balaban J connectivity index is 0.000000117. The molecule has 0 bridgehead atoms. The number of hydrogen-bond donors (Lipinski definition) is 0. The van der Waals surface area contributed by atoms with E-state index in [1.807, 2.05) is 12.1 Å². The fraction of sp³-hybridized carbons (Fsp3) is 0.416. The minimum Gasteiger partial charge on any atom is -0.497 e. The maximum atomic E-state index is 6.24. The van der Waals surface area contributed by atoms with Crippen LogP contribution in [-0.2, 0) is 12.0 Å². The lowest BCUT2D eigenvalue weighted by atomic mass is 9.77. The van der Waals surface area contributed by atoms with Gasteiger partial charge in [0.2, 0.25) is 0 Å². The summed E-state index contributed by atoms with van der Waals surface area (Å²) < 4.78 is 47.8. The number of methoxy groups -OCH3 is 1. The molecular weight excluding hydrogens is 1380 g/mol. The van der Waals surface area contributed by atoms with Crippen LogP contribution in [-0.4, -0.2) is 119 Å². The molecule has 0 radical (unpaired) electrons. The van der Waals surface area contributed by atoms with Crippen molar-refractivity contribution in [2.24, 2.45) is 17.8 Å². The third-order valence-electron chi connectivity index (χ3n) is 25.1. The van der Waals surface area contributed by atoms with Gasteiger partial charge in [0.25, 0.3) is 33.7 Å². The van der Waals surface area contributed by atoms with Gasteiger partial charge in [-0.05, 0) is 190 Å². The van der Waals surface area contributed by atoms with E-state index in [1.165, 1.54) is 187 Å². The summed E-state index contributed by atoms with van der Waals surface area (Å²) in [7, 11) is 1.71. The molecule has 9 aromatic rings. The smallest absolute Gasteiger partial charge is 0.287 e. The molecular formula is C101H122N5O6+5. The topological polar surface area (TPSA) is 70.4 Å². The van der Waals surface area contributed by atoms with Gasteiger partial charge in [-0.3, -0.25) is 0 Å². The van der Waals surface area contributed by atoms with Crippen LogP contribution in [0.5, 0.6) is 34.5 Å². The number of rotatable bonds is 11. The lowest BCUT2D eigenvalue weighted by Gasteiger charge is -2.29. The minimum absolute atomic E-state index is 0.109. The number of ether oxygens (including phenoxy) is 6. The van der Waals surface area contributed by atoms with Gasteiger partial charge in [0.15, 0.2) is 61.8 Å². The van der Waals surface area contributed by atoms with E-state index in [2.05, 4.69) is 299 Å². The second-order valence-electron chi connectivity index (χ2n) is 33.8. The molecule has 5 heterocycles. The molecule has 112 heavy (non-hydrogen) atoms. The number of hydrogen-bond acceptors (Lipinski definition) is 6. The first-order valence-corrected chi connectivity index (χ1v) is 42.1. The van der Waals surface area contributed by atoms with E-state index in [0.29, 0.717) is 57.8 Å². The van der Waals surface area contributed by atoms with Gasteiger partial charge in [0.05, 0.1) is 34.9 Å². The van der Waals surface area contributed by atoms with Crippen molar-refractivity contribution < 1.29 is 51.3 Å². The Kier molecular flexibility index (Phi) is 25.8. The van der Waals surface area contributed by atoms with Crippen LogP contribution >= 0.6 is 0 Å². The lowest BCUT2D eigenvalue weighted by Crippen LogP contribution is -2.39. The summed E-state index contributed by atoms with van der Waals surface area (Å²) in [5, 5.41) is 0. The average molecular weight is 1500 g/mol. The van der Waals surface area contributed by atoms with Crippen molar-refractivity contribution >= 4 is 31.1 Å². The SMILES string of the molecule is CC(C)(c1ccccc1)c1cccc2c1OC[N+](Cc1ccccc1)=C2.COc1cc(C)c2c(c1)C=[N+](C1CCCCC1C)CO2.Cc1cc(-c2ccccc2)cc2c1OC[N+](C1CCCCC1)=C2.Cc1cc(-c2ccccc2)cc2c1OC[N+](C1CCCCC1C)=C2.Cc1cc(C)c2c(c1)C=[N+](C1CCCCC1C)CO2. The van der Waals surface area contributed by atoms with Crippen molar-refractivity contribution in [1.29, 1.82) is 0 Å². The Morgan fingerprint density at radius 2 is 0.750 bits per heavy atom. The molecule has 582 valence electrons. The average Bonchev–Trinajstić information content (AvgIpc) is 0.814. The molecule has 0 amide bonds. The van der Waals surface area contributed by atoms with Crippen molar-refractivity contribution in [3.8, 4) is 56.8 Å². The molecule has 0 N–H and O–H groups in total. The largest absolute Gasteiger partial charge is 0.497 e. The highest BCUT2D eigenvalue weighted by atomic mass is 16.5. The molecule has 18 rings (SSSR count). The highest BCUT2D eigenvalue weighted by Gasteiger charge is 2.38. The first kappa shape index (κ1) is 78.8. The van der Waals surface area contributed by atoms with E-state index in [-0.39, 0.29) is 5.41 Å². The molecule has 4 fully saturated rings. The number of benzene rings is 9. The molecule has 6 unspecified atom stereocenters. The van der Waals surface area contributed by atoms with Gasteiger partial charge >= 0.3 is 0 Å². The van der Waals surface area contributed by atoms with Crippen molar-refractivity contribution in [2.75, 3.05) is 40.8 Å². The number of aryl methyl sites for hydroxylation is 5. The predicted octanol–water partition coefficient (Wildman–Crippen LogP) is 21.8. The third kappa shape index (κ3) is 18.9. The molecule has 0 spiro atoms. The number of nitrogens with zero attached hydrogens (tertiary/aromatic N) is 5. The zero-order chi connectivity index (χ0) is 77.7. The van der Waals surface area contributed by atoms with Crippen LogP contribution in [0.4, 0.5) is 0 Å². The monoisotopic (exact) mass is 1500 g/mol. The molecule has 4 aliphatic carbocycles. The molecule has 11 heteroatoms. The molecule has 9 aromatic carbocycles. The van der Waals surface area contributed by atoms with Gasteiger partial charge in [0.1, 0.15) is 34.5 Å². The molecule has 0 saturated heterocycles. The maximum Gasteiger partial charge on any atom is 0.287 e. The molecule has 5 aliphatic heterocycles. The Bertz CT molecular complexity index is 4880. The number of fused-ring (bicyclic) bond motifs is 5. The van der Waals surface area contributed by atoms with Gasteiger partial charge in [0, 0.05) is 66.4 Å². The maximum absolute atomic E-state index is 6.24. The highest BCUT2D eigenvalue weighted by molar-refractivity contribution is 5.87. The Morgan fingerprint density at radius 1 is 0.348 bits per heavy atom. The summed E-state index contributed by atoms with van der Waals surface area (Å²) in [6, 6.07) is 68.9. The summed E-state index contributed by atoms with van der Waals surface area (Å²) >= 11 is 0. The van der Waals surface area contributed by atoms with E-state index in [1.54, 1.807) is 7.11 Å². The summed E-state index contributed by atoms with van der Waals surface area (Å²) in [5.41, 5.74) is 20.9. The molecule has 6 atom stereocenters. The van der Waals surface area contributed by atoms with Crippen LogP contribution in [0.15, 0.2) is 188 Å².